The van der Waals surface area contributed by atoms with Gasteiger partial charge in [0.25, 0.3) is 5.91 Å². The molecule has 1 aromatic rings. The molecule has 1 atom stereocenters. The molecule has 1 aromatic carbocycles. The van der Waals surface area contributed by atoms with Gasteiger partial charge in [0, 0.05) is 18.1 Å². The normalized spacial score (nSPS) is 26.1. The van der Waals surface area contributed by atoms with Crippen LogP contribution in [0.25, 0.3) is 0 Å². The van der Waals surface area contributed by atoms with E-state index in [1.54, 1.807) is 24.3 Å². The van der Waals surface area contributed by atoms with Gasteiger partial charge in [-0.1, -0.05) is 24.1 Å². The van der Waals surface area contributed by atoms with Crippen molar-refractivity contribution in [2.45, 2.75) is 50.1 Å². The van der Waals surface area contributed by atoms with Crippen molar-refractivity contribution >= 4 is 35.0 Å². The summed E-state index contributed by atoms with van der Waals surface area (Å²) in [4.78, 5) is 43.6. The summed E-state index contributed by atoms with van der Waals surface area (Å²) in [6.07, 6.45) is 4.70. The fourth-order valence-electron chi connectivity index (χ4n) is 5.03. The van der Waals surface area contributed by atoms with Crippen molar-refractivity contribution in [2.75, 3.05) is 31.1 Å². The molecule has 0 radical (unpaired) electrons. The highest BCUT2D eigenvalue weighted by molar-refractivity contribution is 6.31. The van der Waals surface area contributed by atoms with Crippen LogP contribution in [0.3, 0.4) is 0 Å². The third-order valence-corrected chi connectivity index (χ3v) is 6.91. The molecule has 0 saturated carbocycles. The molecule has 3 heterocycles. The first-order valence-corrected chi connectivity index (χ1v) is 10.7. The third-order valence-electron chi connectivity index (χ3n) is 6.68. The van der Waals surface area contributed by atoms with Gasteiger partial charge in [0.15, 0.2) is 0 Å². The van der Waals surface area contributed by atoms with Crippen LogP contribution in [0.4, 0.5) is 5.69 Å². The Morgan fingerprint density at radius 1 is 1.07 bits per heavy atom. The number of carbonyl (C=O) groups excluding carboxylic acids is 3. The van der Waals surface area contributed by atoms with Gasteiger partial charge in [0.1, 0.15) is 5.54 Å². The van der Waals surface area contributed by atoms with Gasteiger partial charge in [0.05, 0.1) is 18.2 Å². The zero-order chi connectivity index (χ0) is 20.6. The minimum absolute atomic E-state index is 0.151. The van der Waals surface area contributed by atoms with Gasteiger partial charge in [-0.2, -0.15) is 0 Å². The predicted molar refractivity (Wildman–Crippen MR) is 111 cm³/mol. The molecule has 3 saturated heterocycles. The van der Waals surface area contributed by atoms with Gasteiger partial charge in [-0.05, 0) is 57.0 Å². The number of carbonyl (C=O) groups is 3. The second-order valence-electron chi connectivity index (χ2n) is 8.25. The summed E-state index contributed by atoms with van der Waals surface area (Å²) < 4.78 is 0. The first-order chi connectivity index (χ1) is 13.9. The molecule has 3 aliphatic rings. The van der Waals surface area contributed by atoms with Crippen LogP contribution in [0.5, 0.6) is 0 Å². The highest BCUT2D eigenvalue weighted by atomic mass is 35.5. The van der Waals surface area contributed by atoms with Crippen molar-refractivity contribution in [3.63, 3.8) is 0 Å². The zero-order valence-corrected chi connectivity index (χ0v) is 17.2. The number of benzene rings is 1. The van der Waals surface area contributed by atoms with Crippen LogP contribution < -0.4 is 10.6 Å². The Hall–Kier alpha value is -1.96. The molecule has 7 nitrogen and oxygen atoms in total. The van der Waals surface area contributed by atoms with Crippen molar-refractivity contribution in [1.29, 1.82) is 0 Å². The standard InChI is InChI=1S/C21H27ClN4O3/c22-15-5-4-6-16(13-15)26-18(27)14-17(19(26)28)24-11-7-21(8-12-24,20(23)29)25-9-2-1-3-10-25/h4-6,13,17H,1-3,7-12,14H2,(H2,23,29). The summed E-state index contributed by atoms with van der Waals surface area (Å²) in [6, 6.07) is 6.29. The average molecular weight is 419 g/mol. The number of primary amides is 1. The molecule has 3 amide bonds. The quantitative estimate of drug-likeness (QED) is 0.753. The summed E-state index contributed by atoms with van der Waals surface area (Å²) in [5.41, 5.74) is 5.73. The molecule has 1 unspecified atom stereocenters. The lowest BCUT2D eigenvalue weighted by molar-refractivity contribution is -0.136. The van der Waals surface area contributed by atoms with Crippen LogP contribution in [-0.2, 0) is 14.4 Å². The third kappa shape index (κ3) is 3.67. The number of halogens is 1. The van der Waals surface area contributed by atoms with E-state index in [4.69, 9.17) is 17.3 Å². The van der Waals surface area contributed by atoms with Crippen LogP contribution in [0.15, 0.2) is 24.3 Å². The van der Waals surface area contributed by atoms with Crippen molar-refractivity contribution < 1.29 is 14.4 Å². The fraction of sp³-hybridized carbons (Fsp3) is 0.571. The number of anilines is 1. The highest BCUT2D eigenvalue weighted by Gasteiger charge is 2.49. The van der Waals surface area contributed by atoms with Crippen molar-refractivity contribution in [3.8, 4) is 0 Å². The van der Waals surface area contributed by atoms with Crippen LogP contribution in [0, 0.1) is 0 Å². The molecule has 29 heavy (non-hydrogen) atoms. The van der Waals surface area contributed by atoms with E-state index < -0.39 is 11.6 Å². The molecule has 3 fully saturated rings. The number of rotatable bonds is 4. The van der Waals surface area contributed by atoms with Gasteiger partial charge in [-0.3, -0.25) is 24.2 Å². The number of nitrogens with zero attached hydrogens (tertiary/aromatic N) is 3. The molecule has 8 heteroatoms. The molecule has 2 N–H and O–H groups in total. The highest BCUT2D eigenvalue weighted by Crippen LogP contribution is 2.34. The van der Waals surface area contributed by atoms with E-state index in [2.05, 4.69) is 4.90 Å². The lowest BCUT2D eigenvalue weighted by Gasteiger charge is -2.48. The van der Waals surface area contributed by atoms with Crippen molar-refractivity contribution in [1.82, 2.24) is 9.80 Å². The fourth-order valence-corrected chi connectivity index (χ4v) is 5.22. The van der Waals surface area contributed by atoms with Gasteiger partial charge in [-0.25, -0.2) is 4.90 Å². The molecule has 0 aromatic heterocycles. The minimum Gasteiger partial charge on any atom is -0.368 e. The number of nitrogens with two attached hydrogens (primary N) is 1. The maximum Gasteiger partial charge on any atom is 0.251 e. The number of piperidine rings is 2. The Bertz CT molecular complexity index is 816. The summed E-state index contributed by atoms with van der Waals surface area (Å²) in [7, 11) is 0. The minimum atomic E-state index is -0.630. The summed E-state index contributed by atoms with van der Waals surface area (Å²) in [5.74, 6) is -0.708. The Labute approximate surface area is 175 Å². The van der Waals surface area contributed by atoms with Gasteiger partial charge in [0.2, 0.25) is 11.8 Å². The Kier molecular flexibility index (Phi) is 5.64. The number of amides is 3. The Morgan fingerprint density at radius 3 is 2.38 bits per heavy atom. The number of imide groups is 1. The second kappa shape index (κ2) is 8.05. The monoisotopic (exact) mass is 418 g/mol. The van der Waals surface area contributed by atoms with E-state index in [-0.39, 0.29) is 24.1 Å². The molecule has 3 aliphatic heterocycles. The Morgan fingerprint density at radius 2 is 1.76 bits per heavy atom. The number of hydrogen-bond acceptors (Lipinski definition) is 5. The van der Waals surface area contributed by atoms with E-state index >= 15 is 0 Å². The van der Waals surface area contributed by atoms with E-state index in [9.17, 15) is 14.4 Å². The summed E-state index contributed by atoms with van der Waals surface area (Å²) in [6.45, 7) is 2.94. The van der Waals surface area contributed by atoms with Crippen LogP contribution in [-0.4, -0.2) is 65.3 Å². The zero-order valence-electron chi connectivity index (χ0n) is 16.5. The molecule has 0 bridgehead atoms. The molecular weight excluding hydrogens is 392 g/mol. The topological polar surface area (TPSA) is 87.0 Å². The first-order valence-electron chi connectivity index (χ1n) is 10.3. The van der Waals surface area contributed by atoms with E-state index in [0.29, 0.717) is 36.6 Å². The SMILES string of the molecule is NC(=O)C1(N2CCCCC2)CCN(C2CC(=O)N(c3cccc(Cl)c3)C2=O)CC1. The van der Waals surface area contributed by atoms with Crippen molar-refractivity contribution in [3.05, 3.63) is 29.3 Å². The summed E-state index contributed by atoms with van der Waals surface area (Å²) >= 11 is 6.03. The molecule has 0 aliphatic carbocycles. The second-order valence-corrected chi connectivity index (χ2v) is 8.68. The van der Waals surface area contributed by atoms with Crippen LogP contribution in [0.2, 0.25) is 5.02 Å². The van der Waals surface area contributed by atoms with Crippen LogP contribution >= 0.6 is 11.6 Å². The molecule has 156 valence electrons. The van der Waals surface area contributed by atoms with Gasteiger partial charge < -0.3 is 5.73 Å². The van der Waals surface area contributed by atoms with E-state index in [1.165, 1.54) is 11.3 Å². The van der Waals surface area contributed by atoms with E-state index in [1.807, 2.05) is 4.90 Å². The molecular formula is C21H27ClN4O3. The lowest BCUT2D eigenvalue weighted by atomic mass is 9.83. The predicted octanol–water partition coefficient (Wildman–Crippen LogP) is 1.78. The average Bonchev–Trinajstić information content (AvgIpc) is 3.02. The summed E-state index contributed by atoms with van der Waals surface area (Å²) in [5, 5.41) is 0.484. The largest absolute Gasteiger partial charge is 0.368 e. The molecule has 4 rings (SSSR count). The van der Waals surface area contributed by atoms with Gasteiger partial charge >= 0.3 is 0 Å². The van der Waals surface area contributed by atoms with E-state index in [0.717, 1.165) is 25.9 Å². The Balaban J connectivity index is 1.47. The lowest BCUT2D eigenvalue weighted by Crippen LogP contribution is -2.64. The maximum absolute atomic E-state index is 13.0. The van der Waals surface area contributed by atoms with Crippen molar-refractivity contribution in [2.24, 2.45) is 5.73 Å². The number of hydrogen-bond donors (Lipinski definition) is 1. The number of likely N-dealkylation sites (tertiary alicyclic amines) is 2. The maximum atomic E-state index is 13.0. The molecule has 0 spiro atoms. The first kappa shape index (κ1) is 20.3. The van der Waals surface area contributed by atoms with Crippen LogP contribution in [0.1, 0.15) is 38.5 Å². The smallest absolute Gasteiger partial charge is 0.251 e. The van der Waals surface area contributed by atoms with Gasteiger partial charge in [-0.15, -0.1) is 0 Å².